The smallest absolute Gasteiger partial charge is 0.0628 e. The molecule has 0 radical (unpaired) electrons. The first kappa shape index (κ1) is 12.5. The van der Waals surface area contributed by atoms with Gasteiger partial charge in [0.05, 0.1) is 18.0 Å². The molecule has 18 heavy (non-hydrogen) atoms. The maximum atomic E-state index is 6.06. The van der Waals surface area contributed by atoms with Gasteiger partial charge in [0, 0.05) is 37.7 Å². The Bertz CT molecular complexity index is 546. The lowest BCUT2D eigenvalue weighted by atomic mass is 10.0. The van der Waals surface area contributed by atoms with Gasteiger partial charge in [-0.3, -0.25) is 0 Å². The van der Waals surface area contributed by atoms with Crippen molar-refractivity contribution in [2.45, 2.75) is 6.42 Å². The Balaban J connectivity index is 2.42. The van der Waals surface area contributed by atoms with Gasteiger partial charge in [-0.25, -0.2) is 0 Å². The van der Waals surface area contributed by atoms with Crippen LogP contribution in [0, 0.1) is 0 Å². The Kier molecular flexibility index (Phi) is 3.58. The number of rotatable bonds is 4. The molecule has 4 N–H and O–H groups in total. The molecule has 0 spiro atoms. The molecule has 0 aliphatic heterocycles. The summed E-state index contributed by atoms with van der Waals surface area (Å²) in [5.41, 5.74) is 16.5. The van der Waals surface area contributed by atoms with Crippen molar-refractivity contribution in [1.82, 2.24) is 4.57 Å². The van der Waals surface area contributed by atoms with E-state index in [-0.39, 0.29) is 0 Å². The predicted octanol–water partition coefficient (Wildman–Crippen LogP) is 2.05. The minimum atomic E-state index is 0.627. The summed E-state index contributed by atoms with van der Waals surface area (Å²) in [6, 6.07) is 6.03. The fraction of sp³-hybridized carbons (Fsp3) is 0.286. The van der Waals surface area contributed by atoms with Crippen LogP contribution in [0.5, 0.6) is 0 Å². The highest BCUT2D eigenvalue weighted by Gasteiger charge is 2.09. The Morgan fingerprint density at radius 3 is 2.67 bits per heavy atom. The number of ether oxygens (including phenoxy) is 1. The summed E-state index contributed by atoms with van der Waals surface area (Å²) in [7, 11) is 3.68. The van der Waals surface area contributed by atoms with Crippen molar-refractivity contribution >= 4 is 11.4 Å². The normalized spacial score (nSPS) is 10.8. The van der Waals surface area contributed by atoms with Gasteiger partial charge in [-0.05, 0) is 30.2 Å². The standard InChI is InChI=1S/C14H19N3O/c1-17-5-3-11(9-17)12-7-10(4-6-18-2)8-13(15)14(12)16/h3,5,7-9H,4,6,15-16H2,1-2H3. The Labute approximate surface area is 107 Å². The molecule has 1 heterocycles. The van der Waals surface area contributed by atoms with Gasteiger partial charge in [0.15, 0.2) is 0 Å². The lowest BCUT2D eigenvalue weighted by Gasteiger charge is -2.10. The van der Waals surface area contributed by atoms with E-state index in [1.54, 1.807) is 7.11 Å². The summed E-state index contributed by atoms with van der Waals surface area (Å²) in [6.07, 6.45) is 4.86. The molecule has 1 aromatic heterocycles. The van der Waals surface area contributed by atoms with Gasteiger partial charge in [0.25, 0.3) is 0 Å². The zero-order valence-electron chi connectivity index (χ0n) is 10.8. The van der Waals surface area contributed by atoms with E-state index in [1.165, 1.54) is 0 Å². The largest absolute Gasteiger partial charge is 0.397 e. The molecule has 2 aromatic rings. The highest BCUT2D eigenvalue weighted by atomic mass is 16.5. The maximum absolute atomic E-state index is 6.06. The topological polar surface area (TPSA) is 66.2 Å². The predicted molar refractivity (Wildman–Crippen MR) is 75.3 cm³/mol. The van der Waals surface area contributed by atoms with Crippen LogP contribution >= 0.6 is 0 Å². The van der Waals surface area contributed by atoms with Crippen molar-refractivity contribution in [3.05, 3.63) is 36.2 Å². The summed E-state index contributed by atoms with van der Waals surface area (Å²) < 4.78 is 7.08. The molecule has 0 aliphatic carbocycles. The molecule has 1 aromatic carbocycles. The van der Waals surface area contributed by atoms with Crippen molar-refractivity contribution in [2.75, 3.05) is 25.2 Å². The number of hydrogen-bond acceptors (Lipinski definition) is 3. The van der Waals surface area contributed by atoms with Crippen molar-refractivity contribution in [3.63, 3.8) is 0 Å². The molecular weight excluding hydrogens is 226 g/mol. The Morgan fingerprint density at radius 2 is 2.06 bits per heavy atom. The van der Waals surface area contributed by atoms with Crippen molar-refractivity contribution in [3.8, 4) is 11.1 Å². The number of nitrogen functional groups attached to an aromatic ring is 2. The van der Waals surface area contributed by atoms with E-state index < -0.39 is 0 Å². The summed E-state index contributed by atoms with van der Waals surface area (Å²) in [6.45, 7) is 0.678. The molecule has 0 fully saturated rings. The van der Waals surface area contributed by atoms with Crippen LogP contribution in [-0.4, -0.2) is 18.3 Å². The average molecular weight is 245 g/mol. The third-order valence-corrected chi connectivity index (χ3v) is 3.01. The molecule has 0 saturated carbocycles. The lowest BCUT2D eigenvalue weighted by molar-refractivity contribution is 0.202. The summed E-state index contributed by atoms with van der Waals surface area (Å²) in [5, 5.41) is 0. The number of nitrogens with two attached hydrogens (primary N) is 2. The second-order valence-corrected chi connectivity index (χ2v) is 4.45. The van der Waals surface area contributed by atoms with Gasteiger partial charge in [-0.1, -0.05) is 0 Å². The SMILES string of the molecule is COCCc1cc(N)c(N)c(-c2ccn(C)c2)c1. The van der Waals surface area contributed by atoms with Crippen LogP contribution in [0.3, 0.4) is 0 Å². The molecule has 0 bridgehead atoms. The summed E-state index contributed by atoms with van der Waals surface area (Å²) >= 11 is 0. The minimum absolute atomic E-state index is 0.627. The highest BCUT2D eigenvalue weighted by molar-refractivity contribution is 5.85. The van der Waals surface area contributed by atoms with Crippen molar-refractivity contribution < 1.29 is 4.74 Å². The molecule has 0 amide bonds. The van der Waals surface area contributed by atoms with Crippen molar-refractivity contribution in [1.29, 1.82) is 0 Å². The van der Waals surface area contributed by atoms with Crippen LogP contribution in [0.15, 0.2) is 30.6 Å². The van der Waals surface area contributed by atoms with Gasteiger partial charge >= 0.3 is 0 Å². The van der Waals surface area contributed by atoms with Gasteiger partial charge in [0.2, 0.25) is 0 Å². The van der Waals surface area contributed by atoms with E-state index in [1.807, 2.05) is 36.1 Å². The average Bonchev–Trinajstić information content (AvgIpc) is 2.77. The monoisotopic (exact) mass is 245 g/mol. The van der Waals surface area contributed by atoms with Crippen LogP contribution in [-0.2, 0) is 18.2 Å². The molecule has 96 valence electrons. The van der Waals surface area contributed by atoms with E-state index in [9.17, 15) is 0 Å². The summed E-state index contributed by atoms with van der Waals surface area (Å²) in [5.74, 6) is 0. The first-order valence-electron chi connectivity index (χ1n) is 5.91. The summed E-state index contributed by atoms with van der Waals surface area (Å²) in [4.78, 5) is 0. The molecule has 0 unspecified atom stereocenters. The number of aryl methyl sites for hydroxylation is 1. The molecule has 0 saturated heterocycles. The van der Waals surface area contributed by atoms with Gasteiger partial charge < -0.3 is 20.8 Å². The van der Waals surface area contributed by atoms with E-state index in [0.29, 0.717) is 18.0 Å². The number of benzene rings is 1. The zero-order valence-corrected chi connectivity index (χ0v) is 10.8. The minimum Gasteiger partial charge on any atom is -0.397 e. The van der Waals surface area contributed by atoms with Crippen LogP contribution < -0.4 is 11.5 Å². The highest BCUT2D eigenvalue weighted by Crippen LogP contribution is 2.32. The van der Waals surface area contributed by atoms with Gasteiger partial charge in [-0.2, -0.15) is 0 Å². The third kappa shape index (κ3) is 2.49. The Hall–Kier alpha value is -1.94. The fourth-order valence-electron chi connectivity index (χ4n) is 2.00. The molecular formula is C14H19N3O. The molecule has 4 heteroatoms. The maximum Gasteiger partial charge on any atom is 0.0628 e. The lowest BCUT2D eigenvalue weighted by Crippen LogP contribution is -2.01. The quantitative estimate of drug-likeness (QED) is 0.810. The van der Waals surface area contributed by atoms with E-state index in [0.717, 1.165) is 23.1 Å². The van der Waals surface area contributed by atoms with Gasteiger partial charge in [-0.15, -0.1) is 0 Å². The van der Waals surface area contributed by atoms with Crippen molar-refractivity contribution in [2.24, 2.45) is 7.05 Å². The van der Waals surface area contributed by atoms with Crippen LogP contribution in [0.25, 0.3) is 11.1 Å². The number of nitrogens with zero attached hydrogens (tertiary/aromatic N) is 1. The molecule has 4 nitrogen and oxygen atoms in total. The van der Waals surface area contributed by atoms with Crippen LogP contribution in [0.2, 0.25) is 0 Å². The zero-order chi connectivity index (χ0) is 13.1. The second-order valence-electron chi connectivity index (χ2n) is 4.45. The third-order valence-electron chi connectivity index (χ3n) is 3.01. The molecule has 0 aliphatic rings. The van der Waals surface area contributed by atoms with E-state index in [4.69, 9.17) is 16.2 Å². The first-order chi connectivity index (χ1) is 8.61. The number of methoxy groups -OCH3 is 1. The van der Waals surface area contributed by atoms with Gasteiger partial charge in [0.1, 0.15) is 0 Å². The number of aromatic nitrogens is 1. The number of hydrogen-bond donors (Lipinski definition) is 2. The fourth-order valence-corrected chi connectivity index (χ4v) is 2.00. The Morgan fingerprint density at radius 1 is 1.28 bits per heavy atom. The van der Waals surface area contributed by atoms with Crippen LogP contribution in [0.4, 0.5) is 11.4 Å². The van der Waals surface area contributed by atoms with E-state index >= 15 is 0 Å². The van der Waals surface area contributed by atoms with E-state index in [2.05, 4.69) is 6.07 Å². The first-order valence-corrected chi connectivity index (χ1v) is 5.91. The molecule has 2 rings (SSSR count). The molecule has 0 atom stereocenters. The second kappa shape index (κ2) is 5.14. The van der Waals surface area contributed by atoms with Crippen LogP contribution in [0.1, 0.15) is 5.56 Å². The number of anilines is 2.